The Morgan fingerprint density at radius 1 is 0.370 bits per heavy atom. The van der Waals surface area contributed by atoms with Crippen LogP contribution in [0, 0.1) is 0 Å². The van der Waals surface area contributed by atoms with E-state index in [-0.39, 0.29) is 0 Å². The third-order valence-corrected chi connectivity index (χ3v) is 9.94. The first-order valence-electron chi connectivity index (χ1n) is 18.9. The Bertz CT molecular complexity index is 2380. The van der Waals surface area contributed by atoms with Gasteiger partial charge < -0.3 is 9.32 Å². The first-order valence-corrected chi connectivity index (χ1v) is 18.9. The molecule has 0 N–H and O–H groups in total. The summed E-state index contributed by atoms with van der Waals surface area (Å²) in [5.74, 6) is 1.02. The van der Waals surface area contributed by atoms with Crippen molar-refractivity contribution >= 4 is 17.1 Å². The van der Waals surface area contributed by atoms with Crippen molar-refractivity contribution < 1.29 is 4.42 Å². The number of aromatic nitrogens is 2. The van der Waals surface area contributed by atoms with E-state index in [1.807, 2.05) is 30.3 Å². The molecule has 1 aromatic heterocycles. The molecule has 4 heteroatoms. The van der Waals surface area contributed by atoms with Crippen molar-refractivity contribution in [3.05, 3.63) is 187 Å². The summed E-state index contributed by atoms with van der Waals surface area (Å²) < 4.78 is 6.03. The van der Waals surface area contributed by atoms with Gasteiger partial charge in [-0.05, 0) is 118 Å². The molecule has 54 heavy (non-hydrogen) atoms. The maximum atomic E-state index is 6.03. The number of aryl methyl sites for hydroxylation is 2. The molecule has 0 amide bonds. The van der Waals surface area contributed by atoms with Crippen LogP contribution in [0.4, 0.5) is 17.1 Å². The van der Waals surface area contributed by atoms with Crippen LogP contribution in [0.2, 0.25) is 0 Å². The molecule has 0 spiro atoms. The summed E-state index contributed by atoms with van der Waals surface area (Å²) in [6, 6.07) is 62.6. The van der Waals surface area contributed by atoms with Crippen LogP contribution < -0.4 is 4.90 Å². The van der Waals surface area contributed by atoms with Gasteiger partial charge in [0.25, 0.3) is 0 Å². The van der Waals surface area contributed by atoms with Gasteiger partial charge in [-0.3, -0.25) is 0 Å². The molecular formula is C50H43N3O. The van der Waals surface area contributed by atoms with Gasteiger partial charge in [0.2, 0.25) is 11.8 Å². The lowest BCUT2D eigenvalue weighted by molar-refractivity contribution is 0.584. The van der Waals surface area contributed by atoms with Gasteiger partial charge in [0, 0.05) is 28.2 Å². The van der Waals surface area contributed by atoms with Crippen molar-refractivity contribution in [3.8, 4) is 56.3 Å². The van der Waals surface area contributed by atoms with Crippen molar-refractivity contribution in [3.63, 3.8) is 0 Å². The van der Waals surface area contributed by atoms with Crippen LogP contribution in [0.15, 0.2) is 180 Å². The molecule has 264 valence electrons. The molecule has 0 aliphatic carbocycles. The molecule has 0 aliphatic heterocycles. The zero-order chi connectivity index (χ0) is 36.7. The standard InChI is InChI=1S/C50H43N3O/c1-3-12-36-20-30-42(31-21-36)53(43-32-22-37(13-4-2)23-33-43)44-34-28-39(29-35-44)46-17-9-11-19-48(46)47-18-10-8-16-45(47)38-24-26-41(27-25-38)50-52-51-49(54-50)40-14-6-5-7-15-40/h5-11,14-35H,3-4,12-13H2,1-2H3. The van der Waals surface area contributed by atoms with E-state index in [4.69, 9.17) is 4.42 Å². The van der Waals surface area contributed by atoms with E-state index in [1.54, 1.807) is 0 Å². The van der Waals surface area contributed by atoms with E-state index in [0.717, 1.165) is 65.0 Å². The molecule has 0 bridgehead atoms. The first-order chi connectivity index (χ1) is 26.7. The minimum absolute atomic E-state index is 0.503. The van der Waals surface area contributed by atoms with Crippen LogP contribution in [0.3, 0.4) is 0 Å². The summed E-state index contributed by atoms with van der Waals surface area (Å²) in [6.07, 6.45) is 4.45. The fourth-order valence-electron chi connectivity index (χ4n) is 7.21. The summed E-state index contributed by atoms with van der Waals surface area (Å²) in [5, 5.41) is 8.61. The molecule has 0 unspecified atom stereocenters. The van der Waals surface area contributed by atoms with Gasteiger partial charge in [0.05, 0.1) is 0 Å². The van der Waals surface area contributed by atoms with Gasteiger partial charge in [-0.15, -0.1) is 10.2 Å². The predicted octanol–water partition coefficient (Wildman–Crippen LogP) is 13.8. The summed E-state index contributed by atoms with van der Waals surface area (Å²) in [7, 11) is 0. The third kappa shape index (κ3) is 7.37. The highest BCUT2D eigenvalue weighted by atomic mass is 16.4. The maximum absolute atomic E-state index is 6.03. The van der Waals surface area contributed by atoms with Crippen LogP contribution >= 0.6 is 0 Å². The predicted molar refractivity (Wildman–Crippen MR) is 224 cm³/mol. The molecule has 8 aromatic rings. The van der Waals surface area contributed by atoms with E-state index < -0.39 is 0 Å². The largest absolute Gasteiger partial charge is 0.416 e. The van der Waals surface area contributed by atoms with Crippen molar-refractivity contribution in [1.29, 1.82) is 0 Å². The van der Waals surface area contributed by atoms with E-state index in [9.17, 15) is 0 Å². The third-order valence-electron chi connectivity index (χ3n) is 9.94. The van der Waals surface area contributed by atoms with E-state index in [1.165, 1.54) is 33.4 Å². The zero-order valence-corrected chi connectivity index (χ0v) is 30.8. The van der Waals surface area contributed by atoms with Crippen LogP contribution in [-0.4, -0.2) is 10.2 Å². The number of anilines is 3. The number of nitrogens with zero attached hydrogens (tertiary/aromatic N) is 3. The number of benzene rings is 7. The lowest BCUT2D eigenvalue weighted by Crippen LogP contribution is -2.10. The Hall–Kier alpha value is -6.52. The molecule has 0 saturated carbocycles. The molecule has 7 aromatic carbocycles. The van der Waals surface area contributed by atoms with Crippen molar-refractivity contribution in [1.82, 2.24) is 10.2 Å². The SMILES string of the molecule is CCCc1ccc(N(c2ccc(CCC)cc2)c2ccc(-c3ccccc3-c3ccccc3-c3ccc(-c4nnc(-c5ccccc5)o4)cc3)cc2)cc1. The Morgan fingerprint density at radius 3 is 1.17 bits per heavy atom. The van der Waals surface area contributed by atoms with Crippen LogP contribution in [0.25, 0.3) is 56.3 Å². The molecule has 0 atom stereocenters. The number of hydrogen-bond acceptors (Lipinski definition) is 4. The summed E-state index contributed by atoms with van der Waals surface area (Å²) in [4.78, 5) is 2.36. The van der Waals surface area contributed by atoms with Crippen molar-refractivity contribution in [2.24, 2.45) is 0 Å². The summed E-state index contributed by atoms with van der Waals surface area (Å²) in [6.45, 7) is 4.46. The highest BCUT2D eigenvalue weighted by Gasteiger charge is 2.16. The molecular weight excluding hydrogens is 659 g/mol. The number of hydrogen-bond donors (Lipinski definition) is 0. The van der Waals surface area contributed by atoms with Gasteiger partial charge in [-0.2, -0.15) is 0 Å². The van der Waals surface area contributed by atoms with Gasteiger partial charge in [0.15, 0.2) is 0 Å². The fourth-order valence-corrected chi connectivity index (χ4v) is 7.21. The molecule has 0 fully saturated rings. The molecule has 0 radical (unpaired) electrons. The average molecular weight is 702 g/mol. The monoisotopic (exact) mass is 701 g/mol. The van der Waals surface area contributed by atoms with Crippen LogP contribution in [0.1, 0.15) is 37.8 Å². The van der Waals surface area contributed by atoms with Crippen molar-refractivity contribution in [2.75, 3.05) is 4.90 Å². The topological polar surface area (TPSA) is 42.2 Å². The average Bonchev–Trinajstić information content (AvgIpc) is 3.74. The van der Waals surface area contributed by atoms with Gasteiger partial charge in [-0.25, -0.2) is 0 Å². The van der Waals surface area contributed by atoms with Gasteiger partial charge in [0.1, 0.15) is 0 Å². The van der Waals surface area contributed by atoms with Gasteiger partial charge >= 0.3 is 0 Å². The number of rotatable bonds is 12. The van der Waals surface area contributed by atoms with E-state index in [0.29, 0.717) is 11.8 Å². The highest BCUT2D eigenvalue weighted by Crippen LogP contribution is 2.41. The second-order valence-corrected chi connectivity index (χ2v) is 13.7. The molecule has 0 saturated heterocycles. The normalized spacial score (nSPS) is 11.1. The lowest BCUT2D eigenvalue weighted by atomic mass is 9.89. The van der Waals surface area contributed by atoms with Crippen molar-refractivity contribution in [2.45, 2.75) is 39.5 Å². The second-order valence-electron chi connectivity index (χ2n) is 13.7. The molecule has 8 rings (SSSR count). The quantitative estimate of drug-likeness (QED) is 0.127. The van der Waals surface area contributed by atoms with E-state index >= 15 is 0 Å². The smallest absolute Gasteiger partial charge is 0.248 e. The summed E-state index contributed by atoms with van der Waals surface area (Å²) in [5.41, 5.74) is 15.0. The molecule has 1 heterocycles. The fraction of sp³-hybridized carbons (Fsp3) is 0.120. The molecule has 0 aliphatic rings. The first kappa shape index (κ1) is 34.6. The van der Waals surface area contributed by atoms with E-state index in [2.05, 4.69) is 175 Å². The highest BCUT2D eigenvalue weighted by molar-refractivity contribution is 5.92. The Labute approximate surface area is 318 Å². The second kappa shape index (κ2) is 16.0. The Morgan fingerprint density at radius 2 is 0.722 bits per heavy atom. The van der Waals surface area contributed by atoms with Crippen LogP contribution in [0.5, 0.6) is 0 Å². The molecule has 4 nitrogen and oxygen atoms in total. The van der Waals surface area contributed by atoms with Crippen LogP contribution in [-0.2, 0) is 12.8 Å². The minimum atomic E-state index is 0.503. The summed E-state index contributed by atoms with van der Waals surface area (Å²) >= 11 is 0. The minimum Gasteiger partial charge on any atom is -0.416 e. The lowest BCUT2D eigenvalue weighted by Gasteiger charge is -2.26. The zero-order valence-electron chi connectivity index (χ0n) is 30.8. The Balaban J connectivity index is 1.10. The Kier molecular flexibility index (Phi) is 10.2. The maximum Gasteiger partial charge on any atom is 0.248 e. The van der Waals surface area contributed by atoms with Gasteiger partial charge in [-0.1, -0.05) is 142 Å².